The van der Waals surface area contributed by atoms with Gasteiger partial charge in [0.15, 0.2) is 11.6 Å². The van der Waals surface area contributed by atoms with E-state index in [1.54, 1.807) is 6.07 Å². The van der Waals surface area contributed by atoms with Crippen LogP contribution < -0.4 is 4.74 Å². The molecule has 164 valence electrons. The van der Waals surface area contributed by atoms with E-state index in [0.29, 0.717) is 11.5 Å². The van der Waals surface area contributed by atoms with Crippen molar-refractivity contribution in [2.75, 3.05) is 6.61 Å². The van der Waals surface area contributed by atoms with E-state index in [1.165, 1.54) is 56.2 Å². The zero-order chi connectivity index (χ0) is 21.8. The maximum absolute atomic E-state index is 14.6. The van der Waals surface area contributed by atoms with Crippen molar-refractivity contribution in [1.82, 2.24) is 0 Å². The zero-order valence-corrected chi connectivity index (χ0v) is 18.3. The molecule has 0 saturated heterocycles. The molecule has 0 bridgehead atoms. The van der Waals surface area contributed by atoms with Crippen molar-refractivity contribution in [2.24, 2.45) is 17.8 Å². The summed E-state index contributed by atoms with van der Waals surface area (Å²) in [5.74, 6) is 1.14. The molecule has 3 heteroatoms. The van der Waals surface area contributed by atoms with E-state index in [2.05, 4.69) is 37.8 Å². The van der Waals surface area contributed by atoms with Crippen LogP contribution in [0.15, 0.2) is 61.2 Å². The topological polar surface area (TPSA) is 9.23 Å². The molecule has 0 aromatic heterocycles. The van der Waals surface area contributed by atoms with Gasteiger partial charge in [-0.05, 0) is 92.4 Å². The first-order chi connectivity index (χ1) is 15.1. The van der Waals surface area contributed by atoms with Gasteiger partial charge in [-0.15, -0.1) is 0 Å². The molecule has 2 aliphatic carbocycles. The molecule has 31 heavy (non-hydrogen) atoms. The lowest BCUT2D eigenvalue weighted by molar-refractivity contribution is 0.133. The van der Waals surface area contributed by atoms with Crippen LogP contribution >= 0.6 is 0 Å². The second-order valence-electron chi connectivity index (χ2n) is 9.09. The van der Waals surface area contributed by atoms with Crippen LogP contribution in [0, 0.1) is 29.4 Å². The molecule has 2 aliphatic rings. The van der Waals surface area contributed by atoms with E-state index < -0.39 is 11.6 Å². The van der Waals surface area contributed by atoms with Crippen LogP contribution in [0.4, 0.5) is 8.78 Å². The minimum absolute atomic E-state index is 0.0846. The fourth-order valence-electron chi connectivity index (χ4n) is 5.62. The van der Waals surface area contributed by atoms with Gasteiger partial charge in [0.2, 0.25) is 5.82 Å². The summed E-state index contributed by atoms with van der Waals surface area (Å²) in [6, 6.07) is 11.1. The summed E-state index contributed by atoms with van der Waals surface area (Å²) in [5.41, 5.74) is 2.28. The van der Waals surface area contributed by atoms with E-state index in [0.717, 1.165) is 17.8 Å². The molecule has 0 spiro atoms. The normalized spacial score (nSPS) is 25.9. The van der Waals surface area contributed by atoms with E-state index in [1.807, 2.05) is 12.1 Å². The maximum atomic E-state index is 14.6. The SMILES string of the molecule is C=CCOc1ccc(-c2ccc(C3CCC4CC(/C=C/C)CCC4C3)cc2)c(F)c1F. The third-order valence-corrected chi connectivity index (χ3v) is 7.21. The van der Waals surface area contributed by atoms with Gasteiger partial charge in [0, 0.05) is 5.56 Å². The Morgan fingerprint density at radius 3 is 2.42 bits per heavy atom. The Balaban J connectivity index is 1.45. The lowest BCUT2D eigenvalue weighted by Crippen LogP contribution is -2.30. The molecule has 4 unspecified atom stereocenters. The van der Waals surface area contributed by atoms with E-state index >= 15 is 0 Å². The minimum Gasteiger partial charge on any atom is -0.486 e. The summed E-state index contributed by atoms with van der Waals surface area (Å²) < 4.78 is 34.1. The van der Waals surface area contributed by atoms with E-state index in [4.69, 9.17) is 4.74 Å². The highest BCUT2D eigenvalue weighted by Gasteiger charge is 2.35. The predicted octanol–water partition coefficient (Wildman–Crippen LogP) is 8.07. The summed E-state index contributed by atoms with van der Waals surface area (Å²) in [7, 11) is 0. The molecule has 0 amide bonds. The summed E-state index contributed by atoms with van der Waals surface area (Å²) in [5, 5.41) is 0. The first-order valence-electron chi connectivity index (χ1n) is 11.6. The zero-order valence-electron chi connectivity index (χ0n) is 18.3. The molecular formula is C28H32F2O. The first-order valence-corrected chi connectivity index (χ1v) is 11.6. The van der Waals surface area contributed by atoms with E-state index in [-0.39, 0.29) is 17.9 Å². The highest BCUT2D eigenvalue weighted by Crippen LogP contribution is 2.48. The fraction of sp³-hybridized carbons (Fsp3) is 0.429. The van der Waals surface area contributed by atoms with Crippen molar-refractivity contribution < 1.29 is 13.5 Å². The third kappa shape index (κ3) is 4.76. The van der Waals surface area contributed by atoms with Gasteiger partial charge in [0.25, 0.3) is 0 Å². The van der Waals surface area contributed by atoms with Crippen LogP contribution in [-0.2, 0) is 0 Å². The van der Waals surface area contributed by atoms with Crippen LogP contribution in [-0.4, -0.2) is 6.61 Å². The Labute approximate surface area is 184 Å². The molecular weight excluding hydrogens is 390 g/mol. The molecule has 0 aliphatic heterocycles. The molecule has 2 fully saturated rings. The number of rotatable bonds is 6. The van der Waals surface area contributed by atoms with Gasteiger partial charge in [0.1, 0.15) is 6.61 Å². The molecule has 0 N–H and O–H groups in total. The fourth-order valence-corrected chi connectivity index (χ4v) is 5.62. The molecule has 2 saturated carbocycles. The van der Waals surface area contributed by atoms with Crippen molar-refractivity contribution in [1.29, 1.82) is 0 Å². The lowest BCUT2D eigenvalue weighted by Gasteiger charge is -2.41. The summed E-state index contributed by atoms with van der Waals surface area (Å²) in [6.07, 6.45) is 13.9. The van der Waals surface area contributed by atoms with Crippen LogP contribution in [0.3, 0.4) is 0 Å². The number of hydrogen-bond donors (Lipinski definition) is 0. The van der Waals surface area contributed by atoms with Crippen molar-refractivity contribution >= 4 is 0 Å². The Morgan fingerprint density at radius 1 is 0.935 bits per heavy atom. The largest absolute Gasteiger partial charge is 0.486 e. The average Bonchev–Trinajstić information content (AvgIpc) is 2.80. The van der Waals surface area contributed by atoms with Crippen molar-refractivity contribution in [2.45, 2.75) is 51.4 Å². The van der Waals surface area contributed by atoms with Crippen molar-refractivity contribution in [3.05, 3.63) is 78.4 Å². The van der Waals surface area contributed by atoms with Gasteiger partial charge in [-0.1, -0.05) is 49.1 Å². The number of allylic oxidation sites excluding steroid dienone is 2. The number of benzene rings is 2. The standard InChI is InChI=1S/C28H32F2O/c1-3-5-19-6-7-24-18-23(13-12-22(24)17-19)20-8-10-21(11-9-20)25-14-15-26(31-16-4-2)28(30)27(25)29/h3-5,8-11,14-15,19,22-24H,2,6-7,12-13,16-18H2,1H3/b5-3+. The summed E-state index contributed by atoms with van der Waals surface area (Å²) in [6.45, 7) is 5.79. The maximum Gasteiger partial charge on any atom is 0.201 e. The van der Waals surface area contributed by atoms with Gasteiger partial charge in [-0.3, -0.25) is 0 Å². The molecule has 0 radical (unpaired) electrons. The number of ether oxygens (including phenoxy) is 1. The van der Waals surface area contributed by atoms with Gasteiger partial charge in [-0.2, -0.15) is 4.39 Å². The number of halogens is 2. The average molecular weight is 423 g/mol. The Morgan fingerprint density at radius 2 is 1.68 bits per heavy atom. The van der Waals surface area contributed by atoms with Crippen LogP contribution in [0.1, 0.15) is 56.9 Å². The molecule has 4 atom stereocenters. The lowest BCUT2D eigenvalue weighted by atomic mass is 9.64. The van der Waals surface area contributed by atoms with Crippen LogP contribution in [0.25, 0.3) is 11.1 Å². The quantitative estimate of drug-likeness (QED) is 0.428. The van der Waals surface area contributed by atoms with E-state index in [9.17, 15) is 8.78 Å². The molecule has 4 rings (SSSR count). The van der Waals surface area contributed by atoms with Crippen LogP contribution in [0.2, 0.25) is 0 Å². The second-order valence-corrected chi connectivity index (χ2v) is 9.09. The van der Waals surface area contributed by atoms with Gasteiger partial charge >= 0.3 is 0 Å². The number of fused-ring (bicyclic) bond motifs is 1. The highest BCUT2D eigenvalue weighted by molar-refractivity contribution is 5.65. The Bertz CT molecular complexity index is 931. The van der Waals surface area contributed by atoms with Crippen molar-refractivity contribution in [3.63, 3.8) is 0 Å². The molecule has 2 aromatic carbocycles. The van der Waals surface area contributed by atoms with Gasteiger partial charge < -0.3 is 4.74 Å². The third-order valence-electron chi connectivity index (χ3n) is 7.21. The predicted molar refractivity (Wildman–Crippen MR) is 123 cm³/mol. The minimum atomic E-state index is -0.949. The first kappa shape index (κ1) is 21.8. The van der Waals surface area contributed by atoms with Gasteiger partial charge in [0.05, 0.1) is 0 Å². The van der Waals surface area contributed by atoms with Gasteiger partial charge in [-0.25, -0.2) is 4.39 Å². The van der Waals surface area contributed by atoms with Crippen LogP contribution in [0.5, 0.6) is 5.75 Å². The molecule has 1 nitrogen and oxygen atoms in total. The summed E-state index contributed by atoms with van der Waals surface area (Å²) in [4.78, 5) is 0. The molecule has 2 aromatic rings. The Kier molecular flexibility index (Phi) is 6.89. The molecule has 0 heterocycles. The second kappa shape index (κ2) is 9.80. The highest BCUT2D eigenvalue weighted by atomic mass is 19.2. The number of hydrogen-bond acceptors (Lipinski definition) is 1. The monoisotopic (exact) mass is 422 g/mol. The van der Waals surface area contributed by atoms with Crippen molar-refractivity contribution in [3.8, 4) is 16.9 Å². The Hall–Kier alpha value is -2.42. The smallest absolute Gasteiger partial charge is 0.201 e. The summed E-state index contributed by atoms with van der Waals surface area (Å²) >= 11 is 0.